The van der Waals surface area contributed by atoms with Crippen LogP contribution in [0.4, 0.5) is 0 Å². The van der Waals surface area contributed by atoms with Crippen LogP contribution in [-0.2, 0) is 9.47 Å². The molecule has 0 bridgehead atoms. The highest BCUT2D eigenvalue weighted by Gasteiger charge is 2.28. The Morgan fingerprint density at radius 1 is 1.08 bits per heavy atom. The van der Waals surface area contributed by atoms with Gasteiger partial charge in [-0.1, -0.05) is 29.3 Å². The van der Waals surface area contributed by atoms with E-state index in [9.17, 15) is 9.59 Å². The summed E-state index contributed by atoms with van der Waals surface area (Å²) in [5, 5.41) is 0.738. The number of halogens is 2. The number of esters is 2. The first-order valence-electron chi connectivity index (χ1n) is 7.53. The predicted molar refractivity (Wildman–Crippen MR) is 96.5 cm³/mol. The van der Waals surface area contributed by atoms with E-state index in [4.69, 9.17) is 32.7 Å². The van der Waals surface area contributed by atoms with Crippen molar-refractivity contribution in [1.29, 1.82) is 0 Å². The quantitative estimate of drug-likeness (QED) is 0.721. The zero-order valence-electron chi connectivity index (χ0n) is 14.3. The van der Waals surface area contributed by atoms with Crippen molar-refractivity contribution in [3.05, 3.63) is 50.8 Å². The topological polar surface area (TPSA) is 65.5 Å². The Morgan fingerprint density at radius 3 is 2.20 bits per heavy atom. The number of carbonyl (C=O) groups excluding carboxylic acids is 2. The van der Waals surface area contributed by atoms with Gasteiger partial charge in [0.2, 0.25) is 0 Å². The van der Waals surface area contributed by atoms with E-state index < -0.39 is 11.9 Å². The van der Waals surface area contributed by atoms with E-state index in [1.165, 1.54) is 7.11 Å². The Morgan fingerprint density at radius 2 is 1.68 bits per heavy atom. The third kappa shape index (κ3) is 3.78. The minimum atomic E-state index is -0.614. The van der Waals surface area contributed by atoms with Crippen LogP contribution in [0, 0.1) is 13.8 Å². The molecule has 0 aliphatic rings. The van der Waals surface area contributed by atoms with E-state index in [0.717, 1.165) is 0 Å². The molecule has 2 rings (SSSR count). The van der Waals surface area contributed by atoms with Crippen molar-refractivity contribution in [3.63, 3.8) is 0 Å². The number of ether oxygens (including phenoxy) is 2. The van der Waals surface area contributed by atoms with Crippen LogP contribution < -0.4 is 0 Å². The monoisotopic (exact) mass is 381 g/mol. The fraction of sp³-hybridized carbons (Fsp3) is 0.278. The highest BCUT2D eigenvalue weighted by molar-refractivity contribution is 6.36. The molecule has 0 aliphatic heterocycles. The Labute approximate surface area is 155 Å². The predicted octanol–water partition coefficient (Wildman–Crippen LogP) is 4.64. The number of rotatable bonds is 4. The molecule has 25 heavy (non-hydrogen) atoms. The molecule has 2 aromatic rings. The fourth-order valence-electron chi connectivity index (χ4n) is 2.62. The normalized spacial score (nSPS) is 10.5. The summed E-state index contributed by atoms with van der Waals surface area (Å²) in [4.78, 5) is 29.2. The van der Waals surface area contributed by atoms with Gasteiger partial charge in [-0.05, 0) is 32.9 Å². The molecule has 0 fully saturated rings. The molecule has 0 saturated heterocycles. The second-order valence-electron chi connectivity index (χ2n) is 5.24. The van der Waals surface area contributed by atoms with Gasteiger partial charge < -0.3 is 9.47 Å². The van der Waals surface area contributed by atoms with Crippen molar-refractivity contribution in [1.82, 2.24) is 4.98 Å². The minimum Gasteiger partial charge on any atom is -0.465 e. The van der Waals surface area contributed by atoms with E-state index in [1.807, 2.05) is 0 Å². The van der Waals surface area contributed by atoms with Gasteiger partial charge in [0, 0.05) is 21.2 Å². The zero-order chi connectivity index (χ0) is 18.7. The van der Waals surface area contributed by atoms with Gasteiger partial charge in [-0.25, -0.2) is 9.59 Å². The number of hydrogen-bond donors (Lipinski definition) is 0. The molecular formula is C18H17Cl2NO4. The molecule has 1 heterocycles. The number of aryl methyl sites for hydroxylation is 2. The summed E-state index contributed by atoms with van der Waals surface area (Å²) in [6, 6.07) is 4.82. The average molecular weight is 382 g/mol. The van der Waals surface area contributed by atoms with Gasteiger partial charge in [-0.3, -0.25) is 4.98 Å². The highest BCUT2D eigenvalue weighted by Crippen LogP contribution is 2.37. The molecule has 0 N–H and O–H groups in total. The summed E-state index contributed by atoms with van der Waals surface area (Å²) in [7, 11) is 1.26. The van der Waals surface area contributed by atoms with Gasteiger partial charge in [-0.2, -0.15) is 0 Å². The first-order valence-corrected chi connectivity index (χ1v) is 8.29. The second kappa shape index (κ2) is 7.85. The van der Waals surface area contributed by atoms with E-state index in [0.29, 0.717) is 32.6 Å². The molecular weight excluding hydrogens is 365 g/mol. The number of benzene rings is 1. The van der Waals surface area contributed by atoms with Gasteiger partial charge in [0.05, 0.1) is 36.2 Å². The SMILES string of the molecule is CCOC(=O)c1c(C)nc(C)c(C(=O)OC)c1-c1ccc(Cl)cc1Cl. The maximum Gasteiger partial charge on any atom is 0.340 e. The maximum absolute atomic E-state index is 12.5. The number of nitrogens with zero attached hydrogens (tertiary/aromatic N) is 1. The van der Waals surface area contributed by atoms with E-state index >= 15 is 0 Å². The van der Waals surface area contributed by atoms with Crippen molar-refractivity contribution < 1.29 is 19.1 Å². The standard InChI is InChI=1S/C18H17Cl2NO4/c1-5-25-18(23)15-10(3)21-9(2)14(17(22)24-4)16(15)12-7-6-11(19)8-13(12)20/h6-8H,5H2,1-4H3. The van der Waals surface area contributed by atoms with Crippen LogP contribution in [0.5, 0.6) is 0 Å². The number of methoxy groups -OCH3 is 1. The summed E-state index contributed by atoms with van der Waals surface area (Å²) >= 11 is 12.3. The van der Waals surface area contributed by atoms with Gasteiger partial charge in [0.1, 0.15) is 0 Å². The Bertz CT molecular complexity index is 849. The van der Waals surface area contributed by atoms with Crippen LogP contribution in [0.3, 0.4) is 0 Å². The van der Waals surface area contributed by atoms with Crippen LogP contribution in [-0.4, -0.2) is 30.6 Å². The number of aromatic nitrogens is 1. The Hall–Kier alpha value is -2.11. The molecule has 0 spiro atoms. The van der Waals surface area contributed by atoms with Crippen molar-refractivity contribution in [2.75, 3.05) is 13.7 Å². The van der Waals surface area contributed by atoms with Crippen molar-refractivity contribution in [3.8, 4) is 11.1 Å². The zero-order valence-corrected chi connectivity index (χ0v) is 15.8. The molecule has 0 atom stereocenters. The third-order valence-corrected chi connectivity index (χ3v) is 4.18. The first kappa shape index (κ1) is 19.2. The molecule has 0 saturated carbocycles. The van der Waals surface area contributed by atoms with Crippen LogP contribution in [0.15, 0.2) is 18.2 Å². The van der Waals surface area contributed by atoms with Crippen LogP contribution in [0.1, 0.15) is 39.0 Å². The van der Waals surface area contributed by atoms with Crippen LogP contribution in [0.25, 0.3) is 11.1 Å². The molecule has 1 aromatic heterocycles. The Kier molecular flexibility index (Phi) is 6.03. The molecule has 0 aliphatic carbocycles. The van der Waals surface area contributed by atoms with Crippen LogP contribution >= 0.6 is 23.2 Å². The van der Waals surface area contributed by atoms with Gasteiger partial charge >= 0.3 is 11.9 Å². The Balaban J connectivity index is 2.93. The molecule has 0 radical (unpaired) electrons. The molecule has 5 nitrogen and oxygen atoms in total. The molecule has 132 valence electrons. The summed E-state index contributed by atoms with van der Waals surface area (Å²) in [5.41, 5.74) is 2.01. The number of pyridine rings is 1. The van der Waals surface area contributed by atoms with Crippen LogP contribution in [0.2, 0.25) is 10.0 Å². The number of hydrogen-bond acceptors (Lipinski definition) is 5. The summed E-state index contributed by atoms with van der Waals surface area (Å²) in [6.07, 6.45) is 0. The largest absolute Gasteiger partial charge is 0.465 e. The molecule has 7 heteroatoms. The summed E-state index contributed by atoms with van der Waals surface area (Å²) < 4.78 is 10.0. The average Bonchev–Trinajstić information content (AvgIpc) is 2.53. The maximum atomic E-state index is 12.5. The van der Waals surface area contributed by atoms with Gasteiger partial charge in [0.25, 0.3) is 0 Å². The summed E-state index contributed by atoms with van der Waals surface area (Å²) in [5.74, 6) is -1.20. The molecule has 1 aromatic carbocycles. The number of carbonyl (C=O) groups is 2. The van der Waals surface area contributed by atoms with E-state index in [2.05, 4.69) is 4.98 Å². The van der Waals surface area contributed by atoms with Gasteiger partial charge in [-0.15, -0.1) is 0 Å². The lowest BCUT2D eigenvalue weighted by Crippen LogP contribution is -2.17. The molecule has 0 amide bonds. The van der Waals surface area contributed by atoms with E-state index in [-0.39, 0.29) is 17.7 Å². The highest BCUT2D eigenvalue weighted by atomic mass is 35.5. The lowest BCUT2D eigenvalue weighted by atomic mass is 9.92. The van der Waals surface area contributed by atoms with Gasteiger partial charge in [0.15, 0.2) is 0 Å². The second-order valence-corrected chi connectivity index (χ2v) is 6.09. The summed E-state index contributed by atoms with van der Waals surface area (Å²) in [6.45, 7) is 5.23. The van der Waals surface area contributed by atoms with E-state index in [1.54, 1.807) is 39.0 Å². The first-order chi connectivity index (χ1) is 11.8. The minimum absolute atomic E-state index is 0.167. The lowest BCUT2D eigenvalue weighted by Gasteiger charge is -2.18. The van der Waals surface area contributed by atoms with Crippen molar-refractivity contribution in [2.24, 2.45) is 0 Å². The lowest BCUT2D eigenvalue weighted by molar-refractivity contribution is 0.0526. The third-order valence-electron chi connectivity index (χ3n) is 3.63. The van der Waals surface area contributed by atoms with Crippen molar-refractivity contribution >= 4 is 35.1 Å². The molecule has 0 unspecified atom stereocenters. The van der Waals surface area contributed by atoms with Crippen molar-refractivity contribution in [2.45, 2.75) is 20.8 Å². The smallest absolute Gasteiger partial charge is 0.340 e. The fourth-order valence-corrected chi connectivity index (χ4v) is 3.12.